The molecule has 0 saturated heterocycles. The first-order chi connectivity index (χ1) is 13.7. The van der Waals surface area contributed by atoms with Gasteiger partial charge in [-0.25, -0.2) is 0 Å². The van der Waals surface area contributed by atoms with E-state index in [0.717, 1.165) is 28.4 Å². The highest BCUT2D eigenvalue weighted by atomic mass is 32.1. The van der Waals surface area contributed by atoms with Crippen molar-refractivity contribution in [2.45, 2.75) is 25.7 Å². The molecular formula is C23H24O4S. The summed E-state index contributed by atoms with van der Waals surface area (Å²) < 4.78 is 11.5. The minimum atomic E-state index is -0.809. The Kier molecular flexibility index (Phi) is 7.09. The van der Waals surface area contributed by atoms with Crippen molar-refractivity contribution in [2.24, 2.45) is 0 Å². The van der Waals surface area contributed by atoms with Crippen molar-refractivity contribution in [3.63, 3.8) is 0 Å². The Labute approximate surface area is 169 Å². The number of aryl methyl sites for hydroxylation is 1. The Bertz CT molecular complexity index is 872. The lowest BCUT2D eigenvalue weighted by molar-refractivity contribution is -0.138. The molecule has 3 rings (SSSR count). The summed E-state index contributed by atoms with van der Waals surface area (Å²) in [6.45, 7) is 2.99. The number of hydrogen-bond donors (Lipinski definition) is 1. The van der Waals surface area contributed by atoms with Crippen molar-refractivity contribution in [2.75, 3.05) is 13.2 Å². The number of carboxylic acid groups (broad SMARTS) is 1. The van der Waals surface area contributed by atoms with E-state index in [1.807, 2.05) is 53.9 Å². The lowest BCUT2D eigenvalue weighted by atomic mass is 9.98. The molecule has 0 amide bonds. The maximum Gasteiger partial charge on any atom is 0.312 e. The summed E-state index contributed by atoms with van der Waals surface area (Å²) in [5.74, 6) is 0.202. The Morgan fingerprint density at radius 3 is 2.36 bits per heavy atom. The predicted molar refractivity (Wildman–Crippen MR) is 112 cm³/mol. The fourth-order valence-corrected chi connectivity index (χ4v) is 3.76. The van der Waals surface area contributed by atoms with Gasteiger partial charge in [-0.15, -0.1) is 11.3 Å². The molecular weight excluding hydrogens is 372 g/mol. The van der Waals surface area contributed by atoms with Crippen molar-refractivity contribution in [3.8, 4) is 11.5 Å². The van der Waals surface area contributed by atoms with Crippen LogP contribution in [-0.2, 0) is 17.6 Å². The second-order valence-electron chi connectivity index (χ2n) is 6.45. The first-order valence-corrected chi connectivity index (χ1v) is 10.2. The molecule has 0 bridgehead atoms. The maximum absolute atomic E-state index is 11.6. The van der Waals surface area contributed by atoms with E-state index in [1.54, 1.807) is 0 Å². The van der Waals surface area contributed by atoms with Crippen molar-refractivity contribution in [1.29, 1.82) is 0 Å². The van der Waals surface area contributed by atoms with Crippen LogP contribution in [0.2, 0.25) is 0 Å². The third-order valence-corrected chi connectivity index (χ3v) is 5.46. The van der Waals surface area contributed by atoms with Gasteiger partial charge in [0, 0.05) is 4.88 Å². The third kappa shape index (κ3) is 5.60. The Morgan fingerprint density at radius 1 is 0.964 bits per heavy atom. The molecule has 0 aliphatic rings. The van der Waals surface area contributed by atoms with E-state index < -0.39 is 11.9 Å². The molecule has 3 aromatic rings. The second-order valence-corrected chi connectivity index (χ2v) is 7.43. The van der Waals surface area contributed by atoms with Crippen LogP contribution in [-0.4, -0.2) is 24.3 Å². The SMILES string of the molecule is CCc1ccc(OCCOc2cccc(CC(C(=O)O)c3cccs3)c2)cc1. The summed E-state index contributed by atoms with van der Waals surface area (Å²) in [7, 11) is 0. The van der Waals surface area contributed by atoms with Gasteiger partial charge in [0.2, 0.25) is 0 Å². The van der Waals surface area contributed by atoms with Crippen LogP contribution in [0, 0.1) is 0 Å². The number of benzene rings is 2. The minimum Gasteiger partial charge on any atom is -0.490 e. The fourth-order valence-electron chi connectivity index (χ4n) is 2.94. The largest absolute Gasteiger partial charge is 0.490 e. The summed E-state index contributed by atoms with van der Waals surface area (Å²) in [6, 6.07) is 19.4. The van der Waals surface area contributed by atoms with Gasteiger partial charge in [0.25, 0.3) is 0 Å². The van der Waals surface area contributed by atoms with E-state index in [2.05, 4.69) is 19.1 Å². The van der Waals surface area contributed by atoms with Crippen molar-refractivity contribution in [1.82, 2.24) is 0 Å². The highest BCUT2D eigenvalue weighted by Gasteiger charge is 2.21. The molecule has 1 unspecified atom stereocenters. The quantitative estimate of drug-likeness (QED) is 0.480. The molecule has 5 heteroatoms. The average molecular weight is 397 g/mol. The Morgan fingerprint density at radius 2 is 1.71 bits per heavy atom. The summed E-state index contributed by atoms with van der Waals surface area (Å²) in [5.41, 5.74) is 2.22. The lowest BCUT2D eigenvalue weighted by Gasteiger charge is -2.13. The monoisotopic (exact) mass is 396 g/mol. The van der Waals surface area contributed by atoms with Gasteiger partial charge in [0.05, 0.1) is 5.92 Å². The van der Waals surface area contributed by atoms with Gasteiger partial charge in [-0.3, -0.25) is 4.79 Å². The zero-order valence-electron chi connectivity index (χ0n) is 15.8. The van der Waals surface area contributed by atoms with Crippen LogP contribution < -0.4 is 9.47 Å². The van der Waals surface area contributed by atoms with Crippen LogP contribution in [0.4, 0.5) is 0 Å². The Balaban J connectivity index is 1.52. The first-order valence-electron chi connectivity index (χ1n) is 9.35. The number of carbonyl (C=O) groups is 1. The van der Waals surface area contributed by atoms with E-state index in [1.165, 1.54) is 16.9 Å². The van der Waals surface area contributed by atoms with Crippen molar-refractivity contribution >= 4 is 17.3 Å². The molecule has 0 aliphatic heterocycles. The zero-order chi connectivity index (χ0) is 19.8. The van der Waals surface area contributed by atoms with Gasteiger partial charge >= 0.3 is 5.97 Å². The number of rotatable bonds is 10. The first kappa shape index (κ1) is 20.0. The van der Waals surface area contributed by atoms with E-state index >= 15 is 0 Å². The second kappa shape index (κ2) is 9.95. The molecule has 28 heavy (non-hydrogen) atoms. The van der Waals surface area contributed by atoms with Gasteiger partial charge < -0.3 is 14.6 Å². The molecule has 0 saturated carbocycles. The number of carboxylic acids is 1. The van der Waals surface area contributed by atoms with Gasteiger partial charge in [-0.2, -0.15) is 0 Å². The van der Waals surface area contributed by atoms with Crippen molar-refractivity contribution < 1.29 is 19.4 Å². The number of hydrogen-bond acceptors (Lipinski definition) is 4. The number of thiophene rings is 1. The smallest absolute Gasteiger partial charge is 0.312 e. The molecule has 0 fully saturated rings. The summed E-state index contributed by atoms with van der Waals surface area (Å²) in [5, 5.41) is 11.5. The van der Waals surface area contributed by atoms with E-state index in [4.69, 9.17) is 9.47 Å². The molecule has 1 heterocycles. The molecule has 0 spiro atoms. The van der Waals surface area contributed by atoms with E-state index in [-0.39, 0.29) is 0 Å². The topological polar surface area (TPSA) is 55.8 Å². The van der Waals surface area contributed by atoms with E-state index in [9.17, 15) is 9.90 Å². The summed E-state index contributed by atoms with van der Waals surface area (Å²) in [6.07, 6.45) is 1.45. The lowest BCUT2D eigenvalue weighted by Crippen LogP contribution is -2.13. The molecule has 4 nitrogen and oxygen atoms in total. The third-order valence-electron chi connectivity index (χ3n) is 4.48. The fraction of sp³-hybridized carbons (Fsp3) is 0.261. The average Bonchev–Trinajstić information content (AvgIpc) is 3.24. The summed E-state index contributed by atoms with van der Waals surface area (Å²) >= 11 is 1.47. The van der Waals surface area contributed by atoms with Crippen LogP contribution in [0.15, 0.2) is 66.0 Å². The highest BCUT2D eigenvalue weighted by molar-refractivity contribution is 7.10. The molecule has 0 radical (unpaired) electrons. The number of ether oxygens (including phenoxy) is 2. The van der Waals surface area contributed by atoms with Crippen LogP contribution in [0.5, 0.6) is 11.5 Å². The van der Waals surface area contributed by atoms with Gasteiger partial charge in [-0.05, 0) is 59.7 Å². The van der Waals surface area contributed by atoms with Gasteiger partial charge in [0.1, 0.15) is 24.7 Å². The Hall–Kier alpha value is -2.79. The molecule has 2 aromatic carbocycles. The number of aliphatic carboxylic acids is 1. The molecule has 0 aliphatic carbocycles. The van der Waals surface area contributed by atoms with Crippen molar-refractivity contribution in [3.05, 3.63) is 82.0 Å². The van der Waals surface area contributed by atoms with Gasteiger partial charge in [0.15, 0.2) is 0 Å². The standard InChI is InChI=1S/C23H24O4S/c1-2-17-8-10-19(11-9-17)26-12-13-27-20-6-3-5-18(15-20)16-21(23(24)25)22-7-4-14-28-22/h3-11,14-15,21H,2,12-13,16H2,1H3,(H,24,25). The molecule has 1 aromatic heterocycles. The predicted octanol–water partition coefficient (Wildman–Crippen LogP) is 5.18. The van der Waals surface area contributed by atoms with E-state index in [0.29, 0.717) is 19.6 Å². The highest BCUT2D eigenvalue weighted by Crippen LogP contribution is 2.27. The summed E-state index contributed by atoms with van der Waals surface area (Å²) in [4.78, 5) is 12.5. The minimum absolute atomic E-state index is 0.423. The van der Waals surface area contributed by atoms with Crippen LogP contribution in [0.25, 0.3) is 0 Å². The molecule has 1 atom stereocenters. The molecule has 1 N–H and O–H groups in total. The van der Waals surface area contributed by atoms with Crippen LogP contribution in [0.1, 0.15) is 28.8 Å². The van der Waals surface area contributed by atoms with Crippen LogP contribution >= 0.6 is 11.3 Å². The van der Waals surface area contributed by atoms with Gasteiger partial charge in [-0.1, -0.05) is 37.3 Å². The molecule has 146 valence electrons. The zero-order valence-corrected chi connectivity index (χ0v) is 16.7. The maximum atomic E-state index is 11.6. The normalized spacial score (nSPS) is 11.8. The van der Waals surface area contributed by atoms with Crippen LogP contribution in [0.3, 0.4) is 0 Å².